The van der Waals surface area contributed by atoms with E-state index in [1.165, 1.54) is 32.1 Å². The first kappa shape index (κ1) is 14.3. The van der Waals surface area contributed by atoms with Crippen molar-refractivity contribution in [1.29, 1.82) is 0 Å². The number of hydrogen-bond acceptors (Lipinski definition) is 2. The predicted octanol–water partition coefficient (Wildman–Crippen LogP) is 3.61. The topological polar surface area (TPSA) is 21.3 Å². The Morgan fingerprint density at radius 2 is 1.72 bits per heavy atom. The van der Waals surface area contributed by atoms with Gasteiger partial charge >= 0.3 is 0 Å². The van der Waals surface area contributed by atoms with E-state index in [0.717, 1.165) is 30.9 Å². The molecule has 1 saturated heterocycles. The minimum atomic E-state index is 0.230. The zero-order valence-corrected chi connectivity index (χ0v) is 12.7. The van der Waals surface area contributed by atoms with E-state index in [9.17, 15) is 0 Å². The molecule has 106 valence electrons. The molecule has 1 N–H and O–H groups in total. The van der Waals surface area contributed by atoms with Gasteiger partial charge in [0.25, 0.3) is 0 Å². The molecule has 1 aliphatic carbocycles. The van der Waals surface area contributed by atoms with Crippen molar-refractivity contribution in [2.24, 2.45) is 17.8 Å². The maximum atomic E-state index is 6.07. The summed E-state index contributed by atoms with van der Waals surface area (Å²) in [7, 11) is 0. The van der Waals surface area contributed by atoms with Gasteiger partial charge in [-0.2, -0.15) is 0 Å². The highest BCUT2D eigenvalue weighted by molar-refractivity contribution is 4.87. The van der Waals surface area contributed by atoms with Gasteiger partial charge in [0.2, 0.25) is 0 Å². The van der Waals surface area contributed by atoms with E-state index < -0.39 is 0 Å². The molecular formula is C16H31NO. The lowest BCUT2D eigenvalue weighted by atomic mass is 9.77. The standard InChI is InChI=1S/C16H31NO/c1-12-5-7-13(8-6-12)15-14(9-10-18-15)11-17-16(2,3)4/h12-15,17H,5-11H2,1-4H3. The van der Waals surface area contributed by atoms with Crippen LogP contribution in [0.1, 0.15) is 59.8 Å². The second-order valence-electron chi connectivity index (χ2n) is 7.54. The molecule has 0 amide bonds. The van der Waals surface area contributed by atoms with Gasteiger partial charge in [-0.1, -0.05) is 19.8 Å². The highest BCUT2D eigenvalue weighted by atomic mass is 16.5. The first-order chi connectivity index (χ1) is 8.46. The molecule has 2 nitrogen and oxygen atoms in total. The van der Waals surface area contributed by atoms with Gasteiger partial charge in [-0.15, -0.1) is 0 Å². The van der Waals surface area contributed by atoms with E-state index in [-0.39, 0.29) is 5.54 Å². The Bertz CT molecular complexity index is 250. The average Bonchev–Trinajstić information content (AvgIpc) is 2.75. The SMILES string of the molecule is CC1CCC(C2OCCC2CNC(C)(C)C)CC1. The third-order valence-corrected chi connectivity index (χ3v) is 4.68. The number of hydrogen-bond donors (Lipinski definition) is 1. The molecular weight excluding hydrogens is 222 g/mol. The van der Waals surface area contributed by atoms with E-state index in [4.69, 9.17) is 4.74 Å². The Morgan fingerprint density at radius 1 is 1.06 bits per heavy atom. The first-order valence-corrected chi connectivity index (χ1v) is 7.82. The molecule has 2 atom stereocenters. The van der Waals surface area contributed by atoms with Crippen LogP contribution >= 0.6 is 0 Å². The normalized spacial score (nSPS) is 38.0. The summed E-state index contributed by atoms with van der Waals surface area (Å²) in [4.78, 5) is 0. The molecule has 1 heterocycles. The van der Waals surface area contributed by atoms with Crippen molar-refractivity contribution in [3.8, 4) is 0 Å². The highest BCUT2D eigenvalue weighted by Gasteiger charge is 2.36. The summed E-state index contributed by atoms with van der Waals surface area (Å²) in [6.07, 6.45) is 7.37. The largest absolute Gasteiger partial charge is 0.378 e. The van der Waals surface area contributed by atoms with Crippen LogP contribution in [0, 0.1) is 17.8 Å². The lowest BCUT2D eigenvalue weighted by molar-refractivity contribution is 0.0206. The molecule has 1 aliphatic heterocycles. The van der Waals surface area contributed by atoms with Gasteiger partial charge in [-0.25, -0.2) is 0 Å². The van der Waals surface area contributed by atoms with Crippen LogP contribution in [-0.4, -0.2) is 24.8 Å². The van der Waals surface area contributed by atoms with Crippen molar-refractivity contribution >= 4 is 0 Å². The van der Waals surface area contributed by atoms with Gasteiger partial charge in [0.1, 0.15) is 0 Å². The fraction of sp³-hybridized carbons (Fsp3) is 1.00. The van der Waals surface area contributed by atoms with Crippen LogP contribution in [0.15, 0.2) is 0 Å². The molecule has 1 saturated carbocycles. The van der Waals surface area contributed by atoms with Crippen molar-refractivity contribution in [1.82, 2.24) is 5.32 Å². The zero-order valence-electron chi connectivity index (χ0n) is 12.7. The molecule has 0 radical (unpaired) electrons. The second kappa shape index (κ2) is 5.92. The summed E-state index contributed by atoms with van der Waals surface area (Å²) < 4.78 is 6.07. The van der Waals surface area contributed by atoms with Gasteiger partial charge in [0, 0.05) is 24.6 Å². The summed E-state index contributed by atoms with van der Waals surface area (Å²) >= 11 is 0. The molecule has 18 heavy (non-hydrogen) atoms. The number of ether oxygens (including phenoxy) is 1. The van der Waals surface area contributed by atoms with E-state index >= 15 is 0 Å². The van der Waals surface area contributed by atoms with Crippen molar-refractivity contribution in [2.75, 3.05) is 13.2 Å². The van der Waals surface area contributed by atoms with Crippen LogP contribution in [0.2, 0.25) is 0 Å². The molecule has 0 spiro atoms. The Labute approximate surface area is 113 Å². The third-order valence-electron chi connectivity index (χ3n) is 4.68. The Hall–Kier alpha value is -0.0800. The summed E-state index contributed by atoms with van der Waals surface area (Å²) in [5.41, 5.74) is 0.230. The molecule has 0 aromatic heterocycles. The molecule has 0 aromatic carbocycles. The summed E-state index contributed by atoms with van der Waals surface area (Å²) in [6, 6.07) is 0. The second-order valence-corrected chi connectivity index (χ2v) is 7.54. The van der Waals surface area contributed by atoms with Crippen molar-refractivity contribution in [3.63, 3.8) is 0 Å². The number of nitrogens with one attached hydrogen (secondary N) is 1. The van der Waals surface area contributed by atoms with Crippen LogP contribution in [0.25, 0.3) is 0 Å². The van der Waals surface area contributed by atoms with Gasteiger partial charge < -0.3 is 10.1 Å². The fourth-order valence-electron chi connectivity index (χ4n) is 3.45. The van der Waals surface area contributed by atoms with Crippen molar-refractivity contribution < 1.29 is 4.74 Å². The summed E-state index contributed by atoms with van der Waals surface area (Å²) in [6.45, 7) is 11.2. The molecule has 2 aliphatic rings. The fourth-order valence-corrected chi connectivity index (χ4v) is 3.45. The minimum absolute atomic E-state index is 0.230. The van der Waals surface area contributed by atoms with Crippen LogP contribution in [-0.2, 0) is 4.74 Å². The molecule has 2 unspecified atom stereocenters. The lowest BCUT2D eigenvalue weighted by Gasteiger charge is -2.34. The predicted molar refractivity (Wildman–Crippen MR) is 76.7 cm³/mol. The van der Waals surface area contributed by atoms with Gasteiger partial charge in [-0.3, -0.25) is 0 Å². The van der Waals surface area contributed by atoms with Gasteiger partial charge in [0.15, 0.2) is 0 Å². The highest BCUT2D eigenvalue weighted by Crippen LogP contribution is 2.37. The van der Waals surface area contributed by atoms with Crippen LogP contribution in [0.4, 0.5) is 0 Å². The lowest BCUT2D eigenvalue weighted by Crippen LogP contribution is -2.42. The zero-order chi connectivity index (χ0) is 13.2. The molecule has 0 bridgehead atoms. The van der Waals surface area contributed by atoms with Crippen LogP contribution < -0.4 is 5.32 Å². The monoisotopic (exact) mass is 253 g/mol. The van der Waals surface area contributed by atoms with Crippen molar-refractivity contribution in [2.45, 2.75) is 71.4 Å². The summed E-state index contributed by atoms with van der Waals surface area (Å²) in [5.74, 6) is 2.51. The van der Waals surface area contributed by atoms with Crippen molar-refractivity contribution in [3.05, 3.63) is 0 Å². The van der Waals surface area contributed by atoms with E-state index in [1.54, 1.807) is 0 Å². The Kier molecular flexibility index (Phi) is 4.71. The van der Waals surface area contributed by atoms with Gasteiger partial charge in [-0.05, 0) is 51.9 Å². The van der Waals surface area contributed by atoms with Crippen LogP contribution in [0.5, 0.6) is 0 Å². The third kappa shape index (κ3) is 3.96. The summed E-state index contributed by atoms with van der Waals surface area (Å²) in [5, 5.41) is 3.66. The Balaban J connectivity index is 1.83. The average molecular weight is 253 g/mol. The van der Waals surface area contributed by atoms with Crippen LogP contribution in [0.3, 0.4) is 0 Å². The maximum Gasteiger partial charge on any atom is 0.0644 e. The molecule has 2 fully saturated rings. The smallest absolute Gasteiger partial charge is 0.0644 e. The number of rotatable bonds is 3. The quantitative estimate of drug-likeness (QED) is 0.829. The van der Waals surface area contributed by atoms with Gasteiger partial charge in [0.05, 0.1) is 6.10 Å². The van der Waals surface area contributed by atoms with E-state index in [2.05, 4.69) is 33.0 Å². The Morgan fingerprint density at radius 3 is 2.33 bits per heavy atom. The molecule has 0 aromatic rings. The minimum Gasteiger partial charge on any atom is -0.378 e. The molecule has 2 heteroatoms. The van der Waals surface area contributed by atoms with E-state index in [1.807, 2.05) is 0 Å². The molecule has 2 rings (SSSR count). The maximum absolute atomic E-state index is 6.07. The first-order valence-electron chi connectivity index (χ1n) is 7.82. The van der Waals surface area contributed by atoms with E-state index in [0.29, 0.717) is 6.10 Å².